The minimum absolute atomic E-state index is 0.0286. The highest BCUT2D eigenvalue weighted by Gasteiger charge is 2.42. The van der Waals surface area contributed by atoms with Gasteiger partial charge in [0, 0.05) is 35.4 Å². The predicted octanol–water partition coefficient (Wildman–Crippen LogP) is 5.43. The fourth-order valence-electron chi connectivity index (χ4n) is 4.72. The lowest BCUT2D eigenvalue weighted by atomic mass is 9.93. The molecule has 30 heavy (non-hydrogen) atoms. The van der Waals surface area contributed by atoms with Crippen LogP contribution in [0.15, 0.2) is 54.7 Å². The molecule has 1 aliphatic heterocycles. The molecule has 1 aromatic carbocycles. The van der Waals surface area contributed by atoms with E-state index in [1.807, 2.05) is 12.3 Å². The predicted molar refractivity (Wildman–Crippen MR) is 127 cm³/mol. The van der Waals surface area contributed by atoms with Crippen molar-refractivity contribution in [2.75, 3.05) is 6.54 Å². The quantitative estimate of drug-likeness (QED) is 0.561. The summed E-state index contributed by atoms with van der Waals surface area (Å²) in [7, 11) is 0. The van der Waals surface area contributed by atoms with Crippen molar-refractivity contribution in [2.45, 2.75) is 46.7 Å². The summed E-state index contributed by atoms with van der Waals surface area (Å²) in [6.07, 6.45) is 1.86. The number of nitrogens with zero attached hydrogens (tertiary/aromatic N) is 3. The van der Waals surface area contributed by atoms with Gasteiger partial charge in [0.2, 0.25) is 0 Å². The van der Waals surface area contributed by atoms with Gasteiger partial charge in [0.15, 0.2) is 5.11 Å². The highest BCUT2D eigenvalue weighted by molar-refractivity contribution is 7.80. The maximum absolute atomic E-state index is 5.81. The number of nitrogens with one attached hydrogen (secondary N) is 1. The minimum Gasteiger partial charge on any atom is -0.352 e. The Kier molecular flexibility index (Phi) is 5.65. The fourth-order valence-corrected chi connectivity index (χ4v) is 5.03. The summed E-state index contributed by atoms with van der Waals surface area (Å²) >= 11 is 5.81. The normalized spacial score (nSPS) is 18.9. The van der Waals surface area contributed by atoms with Gasteiger partial charge in [-0.05, 0) is 68.7 Å². The number of para-hydroxylation sites is 1. The Morgan fingerprint density at radius 3 is 2.33 bits per heavy atom. The van der Waals surface area contributed by atoms with Crippen LogP contribution in [-0.2, 0) is 0 Å². The van der Waals surface area contributed by atoms with Crippen LogP contribution < -0.4 is 5.32 Å². The summed E-state index contributed by atoms with van der Waals surface area (Å²) in [5.41, 5.74) is 7.43. The second-order valence-corrected chi connectivity index (χ2v) is 8.94. The van der Waals surface area contributed by atoms with Crippen molar-refractivity contribution in [2.24, 2.45) is 5.92 Å². The molecule has 1 saturated heterocycles. The molecule has 1 aliphatic rings. The van der Waals surface area contributed by atoms with E-state index in [2.05, 4.69) is 96.9 Å². The zero-order chi connectivity index (χ0) is 21.4. The topological polar surface area (TPSA) is 33.1 Å². The summed E-state index contributed by atoms with van der Waals surface area (Å²) in [6, 6.07) is 16.8. The maximum Gasteiger partial charge on any atom is 0.170 e. The molecule has 0 radical (unpaired) electrons. The standard InChI is InChI=1S/C25H30N4S/c1-16(2)15-28-24(23(27-25(28)30)21-13-9-10-14-26-21)22-17(3)18(4)29(19(22)5)20-11-7-6-8-12-20/h6-14,16,23-24H,15H2,1-5H3,(H,27,30)/t23-,24+/m0/s1. The van der Waals surface area contributed by atoms with Crippen LogP contribution in [-0.4, -0.2) is 26.1 Å². The molecular formula is C25H30N4S. The molecule has 0 bridgehead atoms. The molecule has 0 spiro atoms. The van der Waals surface area contributed by atoms with E-state index in [1.54, 1.807) is 0 Å². The molecule has 0 amide bonds. The molecule has 2 atom stereocenters. The van der Waals surface area contributed by atoms with Gasteiger partial charge in [-0.25, -0.2) is 0 Å². The molecular weight excluding hydrogens is 388 g/mol. The van der Waals surface area contributed by atoms with Gasteiger partial charge < -0.3 is 14.8 Å². The third kappa shape index (κ3) is 3.52. The summed E-state index contributed by atoms with van der Waals surface area (Å²) in [5.74, 6) is 0.507. The summed E-state index contributed by atoms with van der Waals surface area (Å²) in [6.45, 7) is 12.1. The molecule has 5 heteroatoms. The lowest BCUT2D eigenvalue weighted by Gasteiger charge is -2.30. The zero-order valence-corrected chi connectivity index (χ0v) is 19.2. The lowest BCUT2D eigenvalue weighted by molar-refractivity contribution is 0.286. The van der Waals surface area contributed by atoms with Crippen LogP contribution in [0.25, 0.3) is 5.69 Å². The molecule has 2 aromatic heterocycles. The van der Waals surface area contributed by atoms with Gasteiger partial charge in [-0.15, -0.1) is 0 Å². The third-order valence-electron chi connectivity index (χ3n) is 6.08. The van der Waals surface area contributed by atoms with Crippen molar-refractivity contribution in [3.05, 3.63) is 82.9 Å². The van der Waals surface area contributed by atoms with Gasteiger partial charge in [0.05, 0.1) is 17.8 Å². The van der Waals surface area contributed by atoms with E-state index >= 15 is 0 Å². The van der Waals surface area contributed by atoms with Crippen LogP contribution >= 0.6 is 12.2 Å². The van der Waals surface area contributed by atoms with Gasteiger partial charge in [0.25, 0.3) is 0 Å². The van der Waals surface area contributed by atoms with Crippen LogP contribution in [0.3, 0.4) is 0 Å². The van der Waals surface area contributed by atoms with Gasteiger partial charge >= 0.3 is 0 Å². The average Bonchev–Trinajstić information content (AvgIpc) is 3.16. The average molecular weight is 419 g/mol. The Hall–Kier alpha value is -2.66. The van der Waals surface area contributed by atoms with E-state index < -0.39 is 0 Å². The number of benzene rings is 1. The molecule has 0 aliphatic carbocycles. The van der Waals surface area contributed by atoms with Crippen LogP contribution in [0.4, 0.5) is 0 Å². The first-order valence-corrected chi connectivity index (χ1v) is 11.0. The van der Waals surface area contributed by atoms with Crippen LogP contribution in [0.1, 0.15) is 54.1 Å². The highest BCUT2D eigenvalue weighted by atomic mass is 32.1. The van der Waals surface area contributed by atoms with Gasteiger partial charge in [-0.1, -0.05) is 38.1 Å². The Balaban J connectivity index is 1.89. The first-order chi connectivity index (χ1) is 14.4. The van der Waals surface area contributed by atoms with Gasteiger partial charge in [0.1, 0.15) is 0 Å². The van der Waals surface area contributed by atoms with Crippen molar-refractivity contribution < 1.29 is 0 Å². The number of thiocarbonyl (C=S) groups is 1. The largest absolute Gasteiger partial charge is 0.352 e. The van der Waals surface area contributed by atoms with E-state index in [0.717, 1.165) is 17.4 Å². The SMILES string of the molecule is Cc1c([C@@H]2[C@H](c3ccccn3)NC(=S)N2CC(C)C)c(C)n(-c2ccccc2)c1C. The molecule has 1 fully saturated rings. The van der Waals surface area contributed by atoms with Gasteiger partial charge in [-0.2, -0.15) is 0 Å². The van der Waals surface area contributed by atoms with Crippen molar-refractivity contribution >= 4 is 17.3 Å². The Labute approximate surface area is 184 Å². The highest BCUT2D eigenvalue weighted by Crippen LogP contribution is 2.43. The maximum atomic E-state index is 5.81. The second kappa shape index (κ2) is 8.23. The Morgan fingerprint density at radius 2 is 1.70 bits per heavy atom. The van der Waals surface area contributed by atoms with E-state index in [1.165, 1.54) is 28.2 Å². The lowest BCUT2D eigenvalue weighted by Crippen LogP contribution is -2.33. The Bertz CT molecular complexity index is 1040. The molecule has 0 unspecified atom stereocenters. The Morgan fingerprint density at radius 1 is 1.00 bits per heavy atom. The molecule has 0 saturated carbocycles. The molecule has 3 heterocycles. The van der Waals surface area contributed by atoms with E-state index in [-0.39, 0.29) is 12.1 Å². The van der Waals surface area contributed by atoms with E-state index in [0.29, 0.717) is 5.92 Å². The molecule has 4 nitrogen and oxygen atoms in total. The molecule has 3 aromatic rings. The zero-order valence-electron chi connectivity index (χ0n) is 18.4. The van der Waals surface area contributed by atoms with Crippen molar-refractivity contribution in [1.82, 2.24) is 19.8 Å². The summed E-state index contributed by atoms with van der Waals surface area (Å²) < 4.78 is 2.37. The molecule has 4 rings (SSSR count). The van der Waals surface area contributed by atoms with E-state index in [9.17, 15) is 0 Å². The number of pyridine rings is 1. The summed E-state index contributed by atoms with van der Waals surface area (Å²) in [4.78, 5) is 7.04. The van der Waals surface area contributed by atoms with Gasteiger partial charge in [-0.3, -0.25) is 4.98 Å². The third-order valence-corrected chi connectivity index (χ3v) is 6.43. The smallest absolute Gasteiger partial charge is 0.170 e. The van der Waals surface area contributed by atoms with Crippen LogP contribution in [0, 0.1) is 26.7 Å². The number of hydrogen-bond acceptors (Lipinski definition) is 2. The first kappa shape index (κ1) is 20.6. The minimum atomic E-state index is 0.0286. The van der Waals surface area contributed by atoms with Crippen LogP contribution in [0.5, 0.6) is 0 Å². The van der Waals surface area contributed by atoms with Crippen molar-refractivity contribution in [1.29, 1.82) is 0 Å². The fraction of sp³-hybridized carbons (Fsp3) is 0.360. The van der Waals surface area contributed by atoms with Crippen molar-refractivity contribution in [3.63, 3.8) is 0 Å². The molecule has 1 N–H and O–H groups in total. The van der Waals surface area contributed by atoms with Crippen molar-refractivity contribution in [3.8, 4) is 5.69 Å². The van der Waals surface area contributed by atoms with Crippen LogP contribution in [0.2, 0.25) is 0 Å². The number of aromatic nitrogens is 2. The monoisotopic (exact) mass is 418 g/mol. The number of hydrogen-bond donors (Lipinski definition) is 1. The van der Waals surface area contributed by atoms with E-state index in [4.69, 9.17) is 12.2 Å². The second-order valence-electron chi connectivity index (χ2n) is 8.55. The summed E-state index contributed by atoms with van der Waals surface area (Å²) in [5, 5.41) is 4.40. The first-order valence-electron chi connectivity index (χ1n) is 10.6. The number of rotatable bonds is 5. The molecule has 156 valence electrons.